The van der Waals surface area contributed by atoms with Crippen molar-refractivity contribution in [3.8, 4) is 5.69 Å². The molecule has 0 saturated heterocycles. The van der Waals surface area contributed by atoms with E-state index in [9.17, 15) is 17.6 Å². The van der Waals surface area contributed by atoms with E-state index in [0.29, 0.717) is 0 Å². The summed E-state index contributed by atoms with van der Waals surface area (Å²) in [6.45, 7) is 0. The Hall–Kier alpha value is -1.69. The highest BCUT2D eigenvalue weighted by molar-refractivity contribution is 6.28. The van der Waals surface area contributed by atoms with Gasteiger partial charge in [0.15, 0.2) is 6.20 Å². The van der Waals surface area contributed by atoms with Crippen molar-refractivity contribution in [1.82, 2.24) is 4.98 Å². The maximum atomic E-state index is 13.4. The number of aromatic nitrogens is 2. The normalized spacial score (nSPS) is 11.6. The number of hydrogen-bond acceptors (Lipinski definition) is 1. The number of alkyl halides is 3. The van der Waals surface area contributed by atoms with Crippen LogP contribution < -0.4 is 4.57 Å². The highest BCUT2D eigenvalue weighted by Gasteiger charge is 2.34. The van der Waals surface area contributed by atoms with E-state index in [-0.39, 0.29) is 10.8 Å². The van der Waals surface area contributed by atoms with Gasteiger partial charge < -0.3 is 0 Å². The quantitative estimate of drug-likeness (QED) is 0.444. The predicted molar refractivity (Wildman–Crippen MR) is 55.7 cm³/mol. The Morgan fingerprint density at radius 2 is 1.89 bits per heavy atom. The maximum absolute atomic E-state index is 13.4. The lowest BCUT2D eigenvalue weighted by Gasteiger charge is -2.05. The van der Waals surface area contributed by atoms with E-state index in [2.05, 4.69) is 4.98 Å². The number of nitrogens with zero attached hydrogens (tertiary/aromatic N) is 2. The van der Waals surface area contributed by atoms with Crippen molar-refractivity contribution in [2.45, 2.75) is 6.18 Å². The molecule has 0 aliphatic rings. The molecule has 0 unspecified atom stereocenters. The van der Waals surface area contributed by atoms with Crippen LogP contribution in [0, 0.1) is 5.95 Å². The first-order chi connectivity index (χ1) is 8.39. The summed E-state index contributed by atoms with van der Waals surface area (Å²) < 4.78 is 52.0. The Morgan fingerprint density at radius 1 is 1.17 bits per heavy atom. The van der Waals surface area contributed by atoms with E-state index < -0.39 is 17.7 Å². The zero-order valence-corrected chi connectivity index (χ0v) is 9.50. The Balaban J connectivity index is 2.61. The molecule has 0 amide bonds. The highest BCUT2D eigenvalue weighted by atomic mass is 35.5. The summed E-state index contributed by atoms with van der Waals surface area (Å²) in [5, 5.41) is -0.0464. The second-order valence-electron chi connectivity index (χ2n) is 3.42. The topological polar surface area (TPSA) is 16.8 Å². The molecule has 2 aromatic heterocycles. The van der Waals surface area contributed by atoms with Crippen LogP contribution in [-0.2, 0) is 6.18 Å². The monoisotopic (exact) mass is 277 g/mol. The fraction of sp³-hybridized carbons (Fsp3) is 0.0909. The molecule has 2 rings (SSSR count). The second kappa shape index (κ2) is 4.53. The van der Waals surface area contributed by atoms with Crippen LogP contribution >= 0.6 is 11.6 Å². The minimum absolute atomic E-state index is 0.0464. The van der Waals surface area contributed by atoms with Crippen molar-refractivity contribution in [3.05, 3.63) is 53.3 Å². The molecule has 18 heavy (non-hydrogen) atoms. The lowest BCUT2D eigenvalue weighted by molar-refractivity contribution is -0.597. The SMILES string of the molecule is Fc1ncccc1-[n+]1cc(C(F)(F)F)ccc1Cl. The number of pyridine rings is 2. The van der Waals surface area contributed by atoms with Crippen LogP contribution in [0.5, 0.6) is 0 Å². The first-order valence-electron chi connectivity index (χ1n) is 4.79. The van der Waals surface area contributed by atoms with Gasteiger partial charge in [-0.1, -0.05) is 0 Å². The average Bonchev–Trinajstić information content (AvgIpc) is 2.29. The summed E-state index contributed by atoms with van der Waals surface area (Å²) in [5.74, 6) is -0.899. The van der Waals surface area contributed by atoms with E-state index in [1.165, 1.54) is 18.3 Å². The van der Waals surface area contributed by atoms with Gasteiger partial charge in [0.2, 0.25) is 0 Å². The van der Waals surface area contributed by atoms with Gasteiger partial charge in [0.05, 0.1) is 0 Å². The molecule has 2 nitrogen and oxygen atoms in total. The van der Waals surface area contributed by atoms with E-state index in [4.69, 9.17) is 11.6 Å². The molecule has 0 N–H and O–H groups in total. The summed E-state index contributed by atoms with van der Waals surface area (Å²) in [6, 6.07) is 4.57. The molecule has 0 aliphatic carbocycles. The smallest absolute Gasteiger partial charge is 0.222 e. The number of hydrogen-bond donors (Lipinski definition) is 0. The average molecular weight is 278 g/mol. The van der Waals surface area contributed by atoms with Gasteiger partial charge in [-0.2, -0.15) is 17.6 Å². The van der Waals surface area contributed by atoms with Crippen LogP contribution in [-0.4, -0.2) is 4.98 Å². The minimum atomic E-state index is -4.52. The lowest BCUT2D eigenvalue weighted by Crippen LogP contribution is -2.34. The molecule has 0 bridgehead atoms. The van der Waals surface area contributed by atoms with Crippen molar-refractivity contribution in [2.75, 3.05) is 0 Å². The summed E-state index contributed by atoms with van der Waals surface area (Å²) in [5.41, 5.74) is -1.07. The van der Waals surface area contributed by atoms with Crippen molar-refractivity contribution >= 4 is 11.6 Å². The van der Waals surface area contributed by atoms with Crippen LogP contribution in [0.15, 0.2) is 36.7 Å². The second-order valence-corrected chi connectivity index (χ2v) is 3.81. The molecule has 94 valence electrons. The minimum Gasteiger partial charge on any atom is -0.222 e. The lowest BCUT2D eigenvalue weighted by atomic mass is 10.2. The number of halogens is 5. The molecule has 0 aromatic carbocycles. The standard InChI is InChI=1S/C11H6ClF4N2/c12-9-4-3-7(11(14,15)16)6-18(9)8-2-1-5-17-10(8)13/h1-6H/q+1. The molecule has 0 radical (unpaired) electrons. The largest absolute Gasteiger partial charge is 0.422 e. The molecule has 2 heterocycles. The summed E-state index contributed by atoms with van der Waals surface area (Å²) in [6.07, 6.45) is -2.60. The molecule has 0 saturated carbocycles. The molecular weight excluding hydrogens is 272 g/mol. The summed E-state index contributed by atoms with van der Waals surface area (Å²) >= 11 is 5.75. The fourth-order valence-electron chi connectivity index (χ4n) is 1.39. The van der Waals surface area contributed by atoms with Crippen LogP contribution in [0.25, 0.3) is 5.69 Å². The van der Waals surface area contributed by atoms with E-state index in [1.807, 2.05) is 0 Å². The van der Waals surface area contributed by atoms with Crippen LogP contribution in [0.1, 0.15) is 5.56 Å². The van der Waals surface area contributed by atoms with Gasteiger partial charge in [-0.25, -0.2) is 4.98 Å². The van der Waals surface area contributed by atoms with E-state index >= 15 is 0 Å². The van der Waals surface area contributed by atoms with Crippen molar-refractivity contribution in [2.24, 2.45) is 0 Å². The molecule has 0 fully saturated rings. The summed E-state index contributed by atoms with van der Waals surface area (Å²) in [4.78, 5) is 3.36. The first kappa shape index (κ1) is 12.8. The predicted octanol–water partition coefficient (Wildman–Crippen LogP) is 3.17. The van der Waals surface area contributed by atoms with Gasteiger partial charge in [0.25, 0.3) is 16.8 Å². The van der Waals surface area contributed by atoms with Gasteiger partial charge >= 0.3 is 6.18 Å². The third-order valence-corrected chi connectivity index (χ3v) is 2.53. The third kappa shape index (κ3) is 2.43. The fourth-order valence-corrected chi connectivity index (χ4v) is 1.60. The Kier molecular flexibility index (Phi) is 3.21. The van der Waals surface area contributed by atoms with E-state index in [0.717, 1.165) is 22.9 Å². The van der Waals surface area contributed by atoms with Crippen LogP contribution in [0.3, 0.4) is 0 Å². The summed E-state index contributed by atoms with van der Waals surface area (Å²) in [7, 11) is 0. The Labute approximate surface area is 104 Å². The maximum Gasteiger partial charge on any atom is 0.422 e. The van der Waals surface area contributed by atoms with Gasteiger partial charge in [-0.15, -0.1) is 4.57 Å². The van der Waals surface area contributed by atoms with Gasteiger partial charge in [-0.3, -0.25) is 0 Å². The zero-order chi connectivity index (χ0) is 13.3. The molecule has 7 heteroatoms. The van der Waals surface area contributed by atoms with Gasteiger partial charge in [0, 0.05) is 18.3 Å². The molecule has 0 aliphatic heterocycles. The Bertz CT molecular complexity index is 583. The highest BCUT2D eigenvalue weighted by Crippen LogP contribution is 2.28. The molecule has 0 atom stereocenters. The van der Waals surface area contributed by atoms with Gasteiger partial charge in [0.1, 0.15) is 5.56 Å². The van der Waals surface area contributed by atoms with Crippen molar-refractivity contribution < 1.29 is 22.1 Å². The van der Waals surface area contributed by atoms with Crippen molar-refractivity contribution in [1.29, 1.82) is 0 Å². The van der Waals surface area contributed by atoms with Crippen LogP contribution in [0.2, 0.25) is 5.15 Å². The molecule has 2 aromatic rings. The number of rotatable bonds is 1. The molecule has 0 spiro atoms. The molecular formula is C11H6ClF4N2+. The van der Waals surface area contributed by atoms with E-state index in [1.54, 1.807) is 0 Å². The van der Waals surface area contributed by atoms with Gasteiger partial charge in [-0.05, 0) is 23.7 Å². The zero-order valence-electron chi connectivity index (χ0n) is 8.75. The van der Waals surface area contributed by atoms with Crippen molar-refractivity contribution in [3.63, 3.8) is 0 Å². The Morgan fingerprint density at radius 3 is 2.50 bits per heavy atom. The van der Waals surface area contributed by atoms with Crippen LogP contribution in [0.4, 0.5) is 17.6 Å². The first-order valence-corrected chi connectivity index (χ1v) is 5.16. The third-order valence-electron chi connectivity index (χ3n) is 2.23.